The molecule has 1 aliphatic heterocycles. The summed E-state index contributed by atoms with van der Waals surface area (Å²) in [7, 11) is 0. The van der Waals surface area contributed by atoms with E-state index in [4.69, 9.17) is 5.73 Å². The largest absolute Gasteiger partial charge is 0.480 e. The summed E-state index contributed by atoms with van der Waals surface area (Å²) in [5.74, 6) is -1.33. The molecule has 7 nitrogen and oxygen atoms in total. The summed E-state index contributed by atoms with van der Waals surface area (Å²) in [5, 5.41) is 11.7. The third-order valence-electron chi connectivity index (χ3n) is 3.75. The molecule has 0 aliphatic carbocycles. The van der Waals surface area contributed by atoms with Crippen LogP contribution in [0.3, 0.4) is 0 Å². The minimum Gasteiger partial charge on any atom is -0.480 e. The number of nitrogens with two attached hydrogens (primary N) is 1. The van der Waals surface area contributed by atoms with Crippen molar-refractivity contribution in [2.45, 2.75) is 25.3 Å². The number of aliphatic carboxylic acids is 1. The molecule has 1 atom stereocenters. The van der Waals surface area contributed by atoms with E-state index in [2.05, 4.69) is 5.32 Å². The Bertz CT molecular complexity index is 584. The summed E-state index contributed by atoms with van der Waals surface area (Å²) in [5.41, 5.74) is 4.68. The van der Waals surface area contributed by atoms with Crippen molar-refractivity contribution in [3.05, 3.63) is 29.8 Å². The van der Waals surface area contributed by atoms with Gasteiger partial charge >= 0.3 is 12.0 Å². The summed E-state index contributed by atoms with van der Waals surface area (Å²) in [6.07, 6.45) is 1.10. The van der Waals surface area contributed by atoms with Gasteiger partial charge in [0.25, 0.3) is 5.91 Å². The predicted octanol–water partition coefficient (Wildman–Crippen LogP) is 1.26. The van der Waals surface area contributed by atoms with Crippen molar-refractivity contribution in [2.24, 2.45) is 5.73 Å². The fraction of sp³-hybridized carbons (Fsp3) is 0.357. The first-order chi connectivity index (χ1) is 9.84. The Hall–Kier alpha value is -2.57. The van der Waals surface area contributed by atoms with Crippen molar-refractivity contribution in [2.75, 3.05) is 11.9 Å². The summed E-state index contributed by atoms with van der Waals surface area (Å²) in [6.45, 7) is 1.98. The van der Waals surface area contributed by atoms with Gasteiger partial charge in [0, 0.05) is 17.8 Å². The maximum absolute atomic E-state index is 12.5. The van der Waals surface area contributed by atoms with Crippen LogP contribution in [-0.4, -0.2) is 40.0 Å². The Kier molecular flexibility index (Phi) is 3.84. The number of nitrogens with one attached hydrogen (secondary N) is 1. The van der Waals surface area contributed by atoms with Gasteiger partial charge in [-0.2, -0.15) is 0 Å². The number of carbonyl (C=O) groups is 3. The molecule has 21 heavy (non-hydrogen) atoms. The number of urea groups is 1. The number of carbonyl (C=O) groups excluding carboxylic acids is 2. The van der Waals surface area contributed by atoms with Gasteiger partial charge in [-0.05, 0) is 44.0 Å². The predicted molar refractivity (Wildman–Crippen MR) is 76.0 cm³/mol. The second-order valence-corrected chi connectivity index (χ2v) is 5.21. The van der Waals surface area contributed by atoms with Crippen LogP contribution in [-0.2, 0) is 4.79 Å². The minimum atomic E-state index is -1.17. The van der Waals surface area contributed by atoms with Gasteiger partial charge in [-0.15, -0.1) is 0 Å². The lowest BCUT2D eigenvalue weighted by atomic mass is 9.98. The van der Waals surface area contributed by atoms with Gasteiger partial charge in [-0.25, -0.2) is 9.59 Å². The molecule has 0 bridgehead atoms. The van der Waals surface area contributed by atoms with Crippen molar-refractivity contribution >= 4 is 23.6 Å². The topological polar surface area (TPSA) is 113 Å². The third-order valence-corrected chi connectivity index (χ3v) is 3.75. The van der Waals surface area contributed by atoms with E-state index in [-0.39, 0.29) is 5.91 Å². The van der Waals surface area contributed by atoms with Crippen LogP contribution in [0.4, 0.5) is 10.5 Å². The molecule has 0 spiro atoms. The van der Waals surface area contributed by atoms with E-state index in [0.717, 1.165) is 0 Å². The quantitative estimate of drug-likeness (QED) is 0.778. The highest BCUT2D eigenvalue weighted by Gasteiger charge is 2.46. The molecule has 2 rings (SSSR count). The fourth-order valence-electron chi connectivity index (χ4n) is 2.51. The van der Waals surface area contributed by atoms with E-state index < -0.39 is 17.5 Å². The number of carboxylic acid groups (broad SMARTS) is 1. The second kappa shape index (κ2) is 5.43. The van der Waals surface area contributed by atoms with Crippen LogP contribution < -0.4 is 11.1 Å². The Morgan fingerprint density at radius 3 is 2.43 bits per heavy atom. The molecule has 0 saturated carbocycles. The van der Waals surface area contributed by atoms with Crippen LogP contribution in [0.2, 0.25) is 0 Å². The highest BCUT2D eigenvalue weighted by Crippen LogP contribution is 2.30. The van der Waals surface area contributed by atoms with Gasteiger partial charge in [0.05, 0.1) is 0 Å². The number of likely N-dealkylation sites (tertiary alicyclic amines) is 1. The molecule has 1 aliphatic rings. The van der Waals surface area contributed by atoms with Crippen molar-refractivity contribution in [3.63, 3.8) is 0 Å². The van der Waals surface area contributed by atoms with E-state index in [9.17, 15) is 19.5 Å². The van der Waals surface area contributed by atoms with E-state index >= 15 is 0 Å². The van der Waals surface area contributed by atoms with Crippen LogP contribution in [0, 0.1) is 0 Å². The zero-order valence-electron chi connectivity index (χ0n) is 11.6. The van der Waals surface area contributed by atoms with Gasteiger partial charge in [0.2, 0.25) is 0 Å². The molecule has 7 heteroatoms. The Morgan fingerprint density at radius 2 is 1.90 bits per heavy atom. The maximum Gasteiger partial charge on any atom is 0.329 e. The number of hydrogen-bond acceptors (Lipinski definition) is 3. The number of primary amides is 1. The average molecular weight is 291 g/mol. The van der Waals surface area contributed by atoms with Crippen molar-refractivity contribution in [3.8, 4) is 0 Å². The number of nitrogens with zero attached hydrogens (tertiary/aromatic N) is 1. The Balaban J connectivity index is 2.20. The molecule has 1 fully saturated rings. The van der Waals surface area contributed by atoms with Crippen LogP contribution in [0.15, 0.2) is 24.3 Å². The second-order valence-electron chi connectivity index (χ2n) is 5.21. The summed E-state index contributed by atoms with van der Waals surface area (Å²) < 4.78 is 0. The van der Waals surface area contributed by atoms with E-state index in [1.54, 1.807) is 19.1 Å². The molecular weight excluding hydrogens is 274 g/mol. The number of amides is 3. The summed E-state index contributed by atoms with van der Waals surface area (Å²) in [4.78, 5) is 35.9. The van der Waals surface area contributed by atoms with Gasteiger partial charge in [-0.1, -0.05) is 0 Å². The number of rotatable bonds is 3. The van der Waals surface area contributed by atoms with E-state index in [1.807, 2.05) is 0 Å². The number of benzene rings is 1. The van der Waals surface area contributed by atoms with Crippen molar-refractivity contribution in [1.82, 2.24) is 4.90 Å². The third kappa shape index (κ3) is 2.81. The van der Waals surface area contributed by atoms with Crippen molar-refractivity contribution < 1.29 is 19.5 Å². The summed E-state index contributed by atoms with van der Waals surface area (Å²) in [6, 6.07) is 5.48. The number of carboxylic acids is 1. The smallest absolute Gasteiger partial charge is 0.329 e. The Morgan fingerprint density at radius 1 is 1.29 bits per heavy atom. The van der Waals surface area contributed by atoms with Gasteiger partial charge in [-0.3, -0.25) is 4.79 Å². The molecule has 112 valence electrons. The molecule has 1 heterocycles. The van der Waals surface area contributed by atoms with Crippen molar-refractivity contribution in [1.29, 1.82) is 0 Å². The molecule has 0 radical (unpaired) electrons. The molecule has 1 unspecified atom stereocenters. The lowest BCUT2D eigenvalue weighted by molar-refractivity contribution is -0.147. The monoisotopic (exact) mass is 291 g/mol. The molecule has 0 aromatic heterocycles. The zero-order chi connectivity index (χ0) is 15.6. The molecule has 1 aromatic rings. The minimum absolute atomic E-state index is 0.331. The van der Waals surface area contributed by atoms with Gasteiger partial charge in [0.15, 0.2) is 0 Å². The standard InChI is InChI=1S/C14H17N3O4/c1-14(12(19)20)7-2-8-17(14)11(18)9-3-5-10(6-4-9)16-13(15)21/h3-6H,2,7-8H2,1H3,(H,19,20)(H3,15,16,21). The normalized spacial score (nSPS) is 21.1. The van der Waals surface area contributed by atoms with Gasteiger partial charge in [0.1, 0.15) is 5.54 Å². The van der Waals surface area contributed by atoms with E-state index in [1.165, 1.54) is 17.0 Å². The highest BCUT2D eigenvalue weighted by molar-refractivity contribution is 5.98. The van der Waals surface area contributed by atoms with Crippen LogP contribution in [0.1, 0.15) is 30.1 Å². The molecular formula is C14H17N3O4. The van der Waals surface area contributed by atoms with E-state index in [0.29, 0.717) is 30.6 Å². The first kappa shape index (κ1) is 14.8. The molecule has 1 saturated heterocycles. The van der Waals surface area contributed by atoms with Crippen LogP contribution in [0.25, 0.3) is 0 Å². The first-order valence-electron chi connectivity index (χ1n) is 6.56. The Labute approximate surface area is 121 Å². The van der Waals surface area contributed by atoms with Crippen LogP contribution in [0.5, 0.6) is 0 Å². The highest BCUT2D eigenvalue weighted by atomic mass is 16.4. The average Bonchev–Trinajstić information content (AvgIpc) is 2.81. The number of hydrogen-bond donors (Lipinski definition) is 3. The first-order valence-corrected chi connectivity index (χ1v) is 6.56. The zero-order valence-corrected chi connectivity index (χ0v) is 11.6. The van der Waals surface area contributed by atoms with Gasteiger partial charge < -0.3 is 21.1 Å². The SMILES string of the molecule is CC1(C(=O)O)CCCN1C(=O)c1ccc(NC(N)=O)cc1. The maximum atomic E-state index is 12.5. The fourth-order valence-corrected chi connectivity index (χ4v) is 2.51. The summed E-state index contributed by atoms with van der Waals surface area (Å²) >= 11 is 0. The molecule has 3 amide bonds. The molecule has 1 aromatic carbocycles. The lowest BCUT2D eigenvalue weighted by Gasteiger charge is -2.31. The number of anilines is 1. The lowest BCUT2D eigenvalue weighted by Crippen LogP contribution is -2.50. The molecule has 4 N–H and O–H groups in total. The van der Waals surface area contributed by atoms with Crippen LogP contribution >= 0.6 is 0 Å².